The van der Waals surface area contributed by atoms with Crippen molar-refractivity contribution in [3.8, 4) is 17.6 Å². The molecule has 0 radical (unpaired) electrons. The molecule has 0 saturated carbocycles. The first kappa shape index (κ1) is 25.1. The highest BCUT2D eigenvalue weighted by molar-refractivity contribution is 7.22. The molecule has 4 N–H and O–H groups in total. The van der Waals surface area contributed by atoms with Gasteiger partial charge in [-0.25, -0.2) is 4.98 Å². The Kier molecular flexibility index (Phi) is 6.95. The van der Waals surface area contributed by atoms with Gasteiger partial charge in [-0.3, -0.25) is 9.59 Å². The lowest BCUT2D eigenvalue weighted by molar-refractivity contribution is -0.114. The zero-order chi connectivity index (χ0) is 26.0. The van der Waals surface area contributed by atoms with Crippen molar-refractivity contribution in [3.05, 3.63) is 76.3 Å². The number of nitrogens with zero attached hydrogens (tertiary/aromatic N) is 2. The van der Waals surface area contributed by atoms with Crippen LogP contribution in [0.15, 0.2) is 54.6 Å². The summed E-state index contributed by atoms with van der Waals surface area (Å²) in [6.07, 6.45) is 0. The van der Waals surface area contributed by atoms with E-state index < -0.39 is 5.54 Å². The van der Waals surface area contributed by atoms with E-state index in [2.05, 4.69) is 21.7 Å². The number of ether oxygens (including phenoxy) is 1. The van der Waals surface area contributed by atoms with E-state index in [1.165, 1.54) is 18.3 Å². The minimum atomic E-state index is -0.707. The lowest BCUT2D eigenvalue weighted by atomic mass is 9.94. The predicted molar refractivity (Wildman–Crippen MR) is 142 cm³/mol. The van der Waals surface area contributed by atoms with Crippen molar-refractivity contribution in [2.45, 2.75) is 26.3 Å². The summed E-state index contributed by atoms with van der Waals surface area (Å²) in [4.78, 5) is 28.6. The summed E-state index contributed by atoms with van der Waals surface area (Å²) in [7, 11) is 0. The van der Waals surface area contributed by atoms with Crippen molar-refractivity contribution < 1.29 is 14.3 Å². The fraction of sp³-hybridized carbons (Fsp3) is 0.154. The van der Waals surface area contributed by atoms with Gasteiger partial charge in [0.15, 0.2) is 5.13 Å². The summed E-state index contributed by atoms with van der Waals surface area (Å²) >= 11 is 7.45. The van der Waals surface area contributed by atoms with Gasteiger partial charge >= 0.3 is 0 Å². The summed E-state index contributed by atoms with van der Waals surface area (Å²) in [5, 5.41) is 16.1. The van der Waals surface area contributed by atoms with Crippen LogP contribution >= 0.6 is 22.9 Å². The van der Waals surface area contributed by atoms with Crippen molar-refractivity contribution in [2.75, 3.05) is 10.6 Å². The molecule has 0 aliphatic carbocycles. The monoisotopic (exact) mass is 519 g/mol. The van der Waals surface area contributed by atoms with Crippen LogP contribution in [-0.4, -0.2) is 16.8 Å². The van der Waals surface area contributed by atoms with Crippen LogP contribution in [-0.2, 0) is 10.3 Å². The number of fused-ring (bicyclic) bond motifs is 1. The number of amides is 2. The maximum Gasteiger partial charge on any atom is 0.255 e. The Morgan fingerprint density at radius 1 is 1.14 bits per heavy atom. The average molecular weight is 520 g/mol. The summed E-state index contributed by atoms with van der Waals surface area (Å²) in [5.74, 6) is 0.183. The van der Waals surface area contributed by atoms with Gasteiger partial charge in [0.25, 0.3) is 5.91 Å². The fourth-order valence-electron chi connectivity index (χ4n) is 3.50. The van der Waals surface area contributed by atoms with Gasteiger partial charge in [-0.1, -0.05) is 29.0 Å². The highest BCUT2D eigenvalue weighted by Crippen LogP contribution is 2.36. The molecule has 4 aromatic rings. The molecule has 0 bridgehead atoms. The third kappa shape index (κ3) is 5.47. The molecule has 4 rings (SSSR count). The number of nitrogens with two attached hydrogens (primary N) is 1. The molecule has 0 unspecified atom stereocenters. The molecule has 182 valence electrons. The number of nitriles is 1. The molecule has 2 amide bonds. The molecule has 36 heavy (non-hydrogen) atoms. The van der Waals surface area contributed by atoms with E-state index in [0.29, 0.717) is 54.2 Å². The van der Waals surface area contributed by atoms with Crippen LogP contribution < -0.4 is 21.1 Å². The predicted octanol–water partition coefficient (Wildman–Crippen LogP) is 6.02. The molecule has 0 aliphatic heterocycles. The van der Waals surface area contributed by atoms with E-state index >= 15 is 0 Å². The van der Waals surface area contributed by atoms with E-state index in [0.717, 1.165) is 0 Å². The highest BCUT2D eigenvalue weighted by atomic mass is 35.5. The number of hydrogen-bond acceptors (Lipinski definition) is 7. The van der Waals surface area contributed by atoms with Crippen LogP contribution in [0.4, 0.5) is 10.8 Å². The third-order valence-corrected chi connectivity index (χ3v) is 6.49. The van der Waals surface area contributed by atoms with Crippen molar-refractivity contribution in [2.24, 2.45) is 5.73 Å². The second kappa shape index (κ2) is 9.95. The molecular formula is C26H22ClN5O3S. The van der Waals surface area contributed by atoms with Gasteiger partial charge in [0.05, 0.1) is 10.2 Å². The van der Waals surface area contributed by atoms with Crippen molar-refractivity contribution in [1.82, 2.24) is 4.98 Å². The second-order valence-corrected chi connectivity index (χ2v) is 10.0. The summed E-state index contributed by atoms with van der Waals surface area (Å²) in [5.41, 5.74) is 7.93. The number of hydrogen-bond donors (Lipinski definition) is 3. The van der Waals surface area contributed by atoms with Crippen LogP contribution in [0.2, 0.25) is 5.02 Å². The van der Waals surface area contributed by atoms with Crippen LogP contribution in [0.25, 0.3) is 10.2 Å². The smallest absolute Gasteiger partial charge is 0.255 e. The topological polar surface area (TPSA) is 130 Å². The lowest BCUT2D eigenvalue weighted by Gasteiger charge is -2.21. The zero-order valence-electron chi connectivity index (χ0n) is 19.7. The Morgan fingerprint density at radius 2 is 1.92 bits per heavy atom. The van der Waals surface area contributed by atoms with Gasteiger partial charge in [0, 0.05) is 34.8 Å². The van der Waals surface area contributed by atoms with Crippen LogP contribution in [0, 0.1) is 11.3 Å². The molecule has 1 heterocycles. The minimum Gasteiger partial charge on any atom is -0.456 e. The van der Waals surface area contributed by atoms with E-state index in [-0.39, 0.29) is 11.8 Å². The van der Waals surface area contributed by atoms with Crippen LogP contribution in [0.5, 0.6) is 11.5 Å². The third-order valence-electron chi connectivity index (χ3n) is 5.16. The maximum atomic E-state index is 12.9. The molecule has 0 aliphatic rings. The Morgan fingerprint density at radius 3 is 2.61 bits per heavy atom. The number of benzene rings is 3. The summed E-state index contributed by atoms with van der Waals surface area (Å²) < 4.78 is 6.59. The van der Waals surface area contributed by atoms with E-state index in [4.69, 9.17) is 22.1 Å². The van der Waals surface area contributed by atoms with E-state index in [1.807, 2.05) is 13.8 Å². The zero-order valence-corrected chi connectivity index (χ0v) is 21.3. The maximum absolute atomic E-state index is 12.9. The minimum absolute atomic E-state index is 0.246. The van der Waals surface area contributed by atoms with Gasteiger partial charge in [0.1, 0.15) is 23.1 Å². The second-order valence-electron chi connectivity index (χ2n) is 8.60. The highest BCUT2D eigenvalue weighted by Gasteiger charge is 2.20. The Balaban J connectivity index is 1.57. The SMILES string of the molecule is CC(=O)Nc1nc2ccc(Oc3cccc(NC(=O)c4ccc(Cl)c(C(C)(C)N)c4)c3)c(C#N)c2s1. The molecular weight excluding hydrogens is 498 g/mol. The number of carbonyl (C=O) groups excluding carboxylic acids is 2. The molecule has 10 heteroatoms. The van der Waals surface area contributed by atoms with Gasteiger partial charge in [0.2, 0.25) is 5.91 Å². The normalized spacial score (nSPS) is 11.1. The molecule has 0 atom stereocenters. The van der Waals surface area contributed by atoms with E-state index in [1.54, 1.807) is 54.6 Å². The van der Waals surface area contributed by atoms with Crippen molar-refractivity contribution in [1.29, 1.82) is 5.26 Å². The fourth-order valence-corrected chi connectivity index (χ4v) is 4.86. The largest absolute Gasteiger partial charge is 0.456 e. The first-order chi connectivity index (χ1) is 17.0. The standard InChI is InChI=1S/C26H22ClN5O3S/c1-14(33)30-25-32-21-9-10-22(18(13-28)23(21)36-25)35-17-6-4-5-16(12-17)31-24(34)15-7-8-20(27)19(11-15)26(2,3)29/h4-12H,29H2,1-3H3,(H,31,34)(H,30,32,33). The number of anilines is 2. The number of rotatable bonds is 6. The van der Waals surface area contributed by atoms with Crippen LogP contribution in [0.1, 0.15) is 42.3 Å². The average Bonchev–Trinajstić information content (AvgIpc) is 3.20. The number of nitrogens with one attached hydrogen (secondary N) is 2. The quantitative estimate of drug-likeness (QED) is 0.285. The summed E-state index contributed by atoms with van der Waals surface area (Å²) in [6.45, 7) is 5.02. The summed E-state index contributed by atoms with van der Waals surface area (Å²) in [6, 6.07) is 17.3. The number of halogens is 1. The van der Waals surface area contributed by atoms with Crippen molar-refractivity contribution in [3.63, 3.8) is 0 Å². The first-order valence-corrected chi connectivity index (χ1v) is 12.0. The van der Waals surface area contributed by atoms with E-state index in [9.17, 15) is 14.9 Å². The molecule has 0 fully saturated rings. The van der Waals surface area contributed by atoms with Crippen molar-refractivity contribution >= 4 is 55.8 Å². The Hall–Kier alpha value is -3.97. The molecule has 0 spiro atoms. The number of carbonyl (C=O) groups is 2. The molecule has 3 aromatic carbocycles. The van der Waals surface area contributed by atoms with Gasteiger partial charge in [-0.15, -0.1) is 0 Å². The van der Waals surface area contributed by atoms with Gasteiger partial charge in [-0.2, -0.15) is 5.26 Å². The number of thiazole rings is 1. The van der Waals surface area contributed by atoms with Crippen LogP contribution in [0.3, 0.4) is 0 Å². The Bertz CT molecular complexity index is 1540. The number of aromatic nitrogens is 1. The Labute approximate surface area is 216 Å². The molecule has 0 saturated heterocycles. The van der Waals surface area contributed by atoms with Gasteiger partial charge in [-0.05, 0) is 61.9 Å². The lowest BCUT2D eigenvalue weighted by Crippen LogP contribution is -2.29. The molecule has 1 aromatic heterocycles. The molecule has 8 nitrogen and oxygen atoms in total. The van der Waals surface area contributed by atoms with Gasteiger partial charge < -0.3 is 21.1 Å². The first-order valence-electron chi connectivity index (χ1n) is 10.8.